The Morgan fingerprint density at radius 1 is 1.25 bits per heavy atom. The number of carbonyl (C=O) groups is 1. The third-order valence-electron chi connectivity index (χ3n) is 3.16. The molecule has 0 heterocycles. The fourth-order valence-corrected chi connectivity index (χ4v) is 2.08. The van der Waals surface area contributed by atoms with Gasteiger partial charge >= 0.3 is 5.97 Å². The Morgan fingerprint density at radius 3 is 2.60 bits per heavy atom. The number of aryl methyl sites for hydroxylation is 1. The van der Waals surface area contributed by atoms with Gasteiger partial charge in [-0.3, -0.25) is 0 Å². The Hall–Kier alpha value is -2.36. The summed E-state index contributed by atoms with van der Waals surface area (Å²) in [5.41, 5.74) is 2.16. The van der Waals surface area contributed by atoms with Crippen molar-refractivity contribution in [2.45, 2.75) is 13.5 Å². The summed E-state index contributed by atoms with van der Waals surface area (Å²) >= 11 is 0. The first kappa shape index (κ1) is 14.1. The average Bonchev–Trinajstić information content (AvgIpc) is 2.40. The number of benzene rings is 2. The van der Waals surface area contributed by atoms with Crippen molar-refractivity contribution in [1.29, 1.82) is 0 Å². The number of carboxylic acid groups (broad SMARTS) is 1. The van der Waals surface area contributed by atoms with E-state index in [1.165, 1.54) is 6.07 Å². The van der Waals surface area contributed by atoms with Crippen molar-refractivity contribution < 1.29 is 14.3 Å². The monoisotopic (exact) mass is 273 g/mol. The zero-order valence-corrected chi connectivity index (χ0v) is 11.4. The standard InChI is InChI=1S/C16H16FNO2/c1-11-5-3-7-13(9-11)18(2)10-12-6-4-8-14(15(12)17)16(19)20/h3-9H,10H2,1-2H3,(H,19,20). The fourth-order valence-electron chi connectivity index (χ4n) is 2.08. The third-order valence-corrected chi connectivity index (χ3v) is 3.16. The summed E-state index contributed by atoms with van der Waals surface area (Å²) in [6.45, 7) is 2.30. The van der Waals surface area contributed by atoms with Crippen molar-refractivity contribution in [3.63, 3.8) is 0 Å². The number of carboxylic acids is 1. The van der Waals surface area contributed by atoms with Gasteiger partial charge in [0, 0.05) is 24.8 Å². The first-order valence-corrected chi connectivity index (χ1v) is 6.27. The molecule has 1 N–H and O–H groups in total. The van der Waals surface area contributed by atoms with Crippen LogP contribution >= 0.6 is 0 Å². The van der Waals surface area contributed by atoms with E-state index in [-0.39, 0.29) is 5.56 Å². The van der Waals surface area contributed by atoms with Crippen molar-refractivity contribution >= 4 is 11.7 Å². The van der Waals surface area contributed by atoms with E-state index < -0.39 is 11.8 Å². The molecule has 0 saturated heterocycles. The molecule has 0 radical (unpaired) electrons. The second kappa shape index (κ2) is 5.74. The largest absolute Gasteiger partial charge is 0.478 e. The van der Waals surface area contributed by atoms with Crippen LogP contribution in [0, 0.1) is 12.7 Å². The van der Waals surface area contributed by atoms with E-state index in [4.69, 9.17) is 5.11 Å². The Labute approximate surface area is 117 Å². The maximum Gasteiger partial charge on any atom is 0.338 e. The molecule has 0 saturated carbocycles. The summed E-state index contributed by atoms with van der Waals surface area (Å²) in [6.07, 6.45) is 0. The number of aromatic carboxylic acids is 1. The molecule has 0 amide bonds. The normalized spacial score (nSPS) is 10.3. The SMILES string of the molecule is Cc1cccc(N(C)Cc2cccc(C(=O)O)c2F)c1. The van der Waals surface area contributed by atoms with Crippen LogP contribution in [0.5, 0.6) is 0 Å². The molecule has 0 bridgehead atoms. The van der Waals surface area contributed by atoms with Gasteiger partial charge in [-0.1, -0.05) is 24.3 Å². The highest BCUT2D eigenvalue weighted by atomic mass is 19.1. The molecule has 0 aliphatic heterocycles. The molecular formula is C16H16FNO2. The molecular weight excluding hydrogens is 257 g/mol. The van der Waals surface area contributed by atoms with Crippen molar-refractivity contribution in [3.05, 3.63) is 65.0 Å². The summed E-state index contributed by atoms with van der Waals surface area (Å²) in [4.78, 5) is 12.8. The van der Waals surface area contributed by atoms with E-state index >= 15 is 0 Å². The van der Waals surface area contributed by atoms with Crippen molar-refractivity contribution in [2.75, 3.05) is 11.9 Å². The highest BCUT2D eigenvalue weighted by Gasteiger charge is 2.14. The lowest BCUT2D eigenvalue weighted by Crippen LogP contribution is -2.18. The summed E-state index contributed by atoms with van der Waals surface area (Å²) in [6, 6.07) is 12.3. The quantitative estimate of drug-likeness (QED) is 0.927. The van der Waals surface area contributed by atoms with Gasteiger partial charge in [0.25, 0.3) is 0 Å². The molecule has 104 valence electrons. The Balaban J connectivity index is 2.26. The zero-order chi connectivity index (χ0) is 14.7. The second-order valence-electron chi connectivity index (χ2n) is 4.78. The number of hydrogen-bond acceptors (Lipinski definition) is 2. The van der Waals surface area contributed by atoms with Gasteiger partial charge in [0.15, 0.2) is 0 Å². The number of rotatable bonds is 4. The van der Waals surface area contributed by atoms with Crippen LogP contribution in [-0.2, 0) is 6.54 Å². The number of hydrogen-bond donors (Lipinski definition) is 1. The second-order valence-corrected chi connectivity index (χ2v) is 4.78. The molecule has 0 fully saturated rings. The van der Waals surface area contributed by atoms with Gasteiger partial charge in [-0.2, -0.15) is 0 Å². The first-order valence-electron chi connectivity index (χ1n) is 6.27. The lowest BCUT2D eigenvalue weighted by atomic mass is 10.1. The topological polar surface area (TPSA) is 40.5 Å². The number of halogens is 1. The van der Waals surface area contributed by atoms with E-state index in [2.05, 4.69) is 0 Å². The average molecular weight is 273 g/mol. The van der Waals surface area contributed by atoms with Crippen LogP contribution in [0.25, 0.3) is 0 Å². The van der Waals surface area contributed by atoms with Crippen LogP contribution in [0.1, 0.15) is 21.5 Å². The van der Waals surface area contributed by atoms with Crippen LogP contribution < -0.4 is 4.90 Å². The van der Waals surface area contributed by atoms with Crippen LogP contribution in [0.15, 0.2) is 42.5 Å². The highest BCUT2D eigenvalue weighted by Crippen LogP contribution is 2.20. The predicted octanol–water partition coefficient (Wildman–Crippen LogP) is 3.47. The van der Waals surface area contributed by atoms with Gasteiger partial charge in [-0.05, 0) is 30.7 Å². The lowest BCUT2D eigenvalue weighted by Gasteiger charge is -2.20. The number of anilines is 1. The van der Waals surface area contributed by atoms with Gasteiger partial charge in [0.05, 0.1) is 5.56 Å². The zero-order valence-electron chi connectivity index (χ0n) is 11.4. The summed E-state index contributed by atoms with van der Waals surface area (Å²) < 4.78 is 14.1. The molecule has 0 atom stereocenters. The van der Waals surface area contributed by atoms with E-state index in [9.17, 15) is 9.18 Å². The van der Waals surface area contributed by atoms with E-state index in [1.807, 2.05) is 43.1 Å². The fraction of sp³-hybridized carbons (Fsp3) is 0.188. The summed E-state index contributed by atoms with van der Waals surface area (Å²) in [7, 11) is 1.85. The molecule has 0 aliphatic rings. The highest BCUT2D eigenvalue weighted by molar-refractivity contribution is 5.88. The van der Waals surface area contributed by atoms with Crippen LogP contribution in [-0.4, -0.2) is 18.1 Å². The maximum atomic E-state index is 14.1. The lowest BCUT2D eigenvalue weighted by molar-refractivity contribution is 0.0691. The van der Waals surface area contributed by atoms with E-state index in [0.29, 0.717) is 12.1 Å². The van der Waals surface area contributed by atoms with Crippen LogP contribution in [0.4, 0.5) is 10.1 Å². The molecule has 0 aromatic heterocycles. The van der Waals surface area contributed by atoms with Crippen LogP contribution in [0.3, 0.4) is 0 Å². The molecule has 2 rings (SSSR count). The van der Waals surface area contributed by atoms with Crippen LogP contribution in [0.2, 0.25) is 0 Å². The van der Waals surface area contributed by atoms with Crippen molar-refractivity contribution in [3.8, 4) is 0 Å². The maximum absolute atomic E-state index is 14.1. The van der Waals surface area contributed by atoms with Gasteiger partial charge < -0.3 is 10.0 Å². The van der Waals surface area contributed by atoms with Gasteiger partial charge in [-0.15, -0.1) is 0 Å². The van der Waals surface area contributed by atoms with E-state index in [0.717, 1.165) is 11.3 Å². The smallest absolute Gasteiger partial charge is 0.338 e. The minimum Gasteiger partial charge on any atom is -0.478 e. The summed E-state index contributed by atoms with van der Waals surface area (Å²) in [5, 5.41) is 8.92. The molecule has 3 nitrogen and oxygen atoms in total. The molecule has 0 aliphatic carbocycles. The Morgan fingerprint density at radius 2 is 1.95 bits per heavy atom. The minimum absolute atomic E-state index is 0.292. The van der Waals surface area contributed by atoms with E-state index in [1.54, 1.807) is 12.1 Å². The Bertz CT molecular complexity index is 640. The van der Waals surface area contributed by atoms with Crippen molar-refractivity contribution in [1.82, 2.24) is 0 Å². The third kappa shape index (κ3) is 2.96. The minimum atomic E-state index is -1.25. The van der Waals surface area contributed by atoms with Gasteiger partial charge in [0.2, 0.25) is 0 Å². The molecule has 20 heavy (non-hydrogen) atoms. The first-order chi connectivity index (χ1) is 9.49. The van der Waals surface area contributed by atoms with Gasteiger partial charge in [0.1, 0.15) is 5.82 Å². The van der Waals surface area contributed by atoms with Crippen molar-refractivity contribution in [2.24, 2.45) is 0 Å². The molecule has 4 heteroatoms. The molecule has 2 aromatic carbocycles. The Kier molecular flexibility index (Phi) is 4.03. The molecule has 0 unspecified atom stereocenters. The predicted molar refractivity (Wildman–Crippen MR) is 76.6 cm³/mol. The van der Waals surface area contributed by atoms with Gasteiger partial charge in [-0.25, -0.2) is 9.18 Å². The molecule has 2 aromatic rings. The number of nitrogens with zero attached hydrogens (tertiary/aromatic N) is 1. The summed E-state index contributed by atoms with van der Waals surface area (Å²) in [5.74, 6) is -1.91. The molecule has 0 spiro atoms.